The van der Waals surface area contributed by atoms with Crippen LogP contribution in [0.1, 0.15) is 57.8 Å². The number of piperazine rings is 3. The second-order valence-corrected chi connectivity index (χ2v) is 16.0. The first-order chi connectivity index (χ1) is 18.1. The van der Waals surface area contributed by atoms with Crippen LogP contribution in [0.3, 0.4) is 0 Å². The second kappa shape index (κ2) is 14.0. The summed E-state index contributed by atoms with van der Waals surface area (Å²) in [5.74, 6) is 0. The molecule has 0 saturated carbocycles. The molecule has 6 heterocycles. The van der Waals surface area contributed by atoms with E-state index in [1.807, 2.05) is 0 Å². The molecule has 6 fully saturated rings. The lowest BCUT2D eigenvalue weighted by atomic mass is 10.0. The summed E-state index contributed by atoms with van der Waals surface area (Å²) < 4.78 is 48.7. The van der Waals surface area contributed by atoms with Crippen molar-refractivity contribution in [1.82, 2.24) is 28.6 Å². The standard InChI is InChI=1S/2C9H18N2O2S.C8H16N2/c2*1-14(12,13)11-7-6-10-5-3-2-4-9(10)8-11;1-2-5-10-6-4-9-7-8(10)3-1/h2*9H,2-8H2,1H3;8-9H,1-7H2. The summed E-state index contributed by atoms with van der Waals surface area (Å²) >= 11 is 0. The largest absolute Gasteiger partial charge is 0.314 e. The lowest BCUT2D eigenvalue weighted by Crippen LogP contribution is -2.55. The fraction of sp³-hybridized carbons (Fsp3) is 1.00. The van der Waals surface area contributed by atoms with Gasteiger partial charge in [-0.3, -0.25) is 14.7 Å². The van der Waals surface area contributed by atoms with Crippen LogP contribution in [0.15, 0.2) is 0 Å². The van der Waals surface area contributed by atoms with E-state index in [2.05, 4.69) is 20.0 Å². The van der Waals surface area contributed by atoms with Gasteiger partial charge < -0.3 is 5.32 Å². The highest BCUT2D eigenvalue weighted by Gasteiger charge is 2.33. The van der Waals surface area contributed by atoms with Crippen LogP contribution < -0.4 is 5.32 Å². The summed E-state index contributed by atoms with van der Waals surface area (Å²) in [7, 11) is -5.94. The number of piperidine rings is 3. The van der Waals surface area contributed by atoms with Crippen molar-refractivity contribution < 1.29 is 16.8 Å². The van der Waals surface area contributed by atoms with Gasteiger partial charge in [-0.1, -0.05) is 19.3 Å². The highest BCUT2D eigenvalue weighted by Crippen LogP contribution is 2.23. The first-order valence-electron chi connectivity index (χ1n) is 14.9. The van der Waals surface area contributed by atoms with E-state index in [9.17, 15) is 16.8 Å². The van der Waals surface area contributed by atoms with Gasteiger partial charge in [0.15, 0.2) is 0 Å². The topological polar surface area (TPSA) is 96.5 Å². The third kappa shape index (κ3) is 8.83. The van der Waals surface area contributed by atoms with Crippen LogP contribution in [0, 0.1) is 0 Å². The van der Waals surface area contributed by atoms with E-state index < -0.39 is 20.0 Å². The fourth-order valence-corrected chi connectivity index (χ4v) is 8.65. The maximum absolute atomic E-state index is 11.4. The van der Waals surface area contributed by atoms with Crippen LogP contribution in [0.5, 0.6) is 0 Å². The summed E-state index contributed by atoms with van der Waals surface area (Å²) in [6.07, 6.45) is 14.3. The molecule has 0 aliphatic carbocycles. The molecule has 38 heavy (non-hydrogen) atoms. The molecule has 0 spiro atoms. The van der Waals surface area contributed by atoms with E-state index in [1.165, 1.54) is 83.6 Å². The quantitative estimate of drug-likeness (QED) is 0.513. The molecule has 1 N–H and O–H groups in total. The molecule has 6 rings (SSSR count). The number of nitrogens with one attached hydrogen (secondary N) is 1. The maximum atomic E-state index is 11.4. The number of fused-ring (bicyclic) bond motifs is 3. The molecule has 3 unspecified atom stereocenters. The predicted octanol–water partition coefficient (Wildman–Crippen LogP) is 0.676. The molecule has 3 atom stereocenters. The van der Waals surface area contributed by atoms with E-state index in [0.29, 0.717) is 38.3 Å². The Hall–Kier alpha value is -0.340. The van der Waals surface area contributed by atoms with Crippen LogP contribution in [-0.4, -0.2) is 149 Å². The Balaban J connectivity index is 0.000000135. The first-order valence-corrected chi connectivity index (χ1v) is 18.6. The molecule has 6 aliphatic rings. The Morgan fingerprint density at radius 1 is 0.526 bits per heavy atom. The molecular weight excluding hydrogens is 524 g/mol. The summed E-state index contributed by atoms with van der Waals surface area (Å²) in [5, 5.41) is 3.44. The third-order valence-electron chi connectivity index (χ3n) is 9.24. The predicted molar refractivity (Wildman–Crippen MR) is 153 cm³/mol. The van der Waals surface area contributed by atoms with Crippen LogP contribution in [-0.2, 0) is 20.0 Å². The van der Waals surface area contributed by atoms with Gasteiger partial charge in [0.25, 0.3) is 0 Å². The maximum Gasteiger partial charge on any atom is 0.211 e. The van der Waals surface area contributed by atoms with Gasteiger partial charge >= 0.3 is 0 Å². The lowest BCUT2D eigenvalue weighted by Gasteiger charge is -2.43. The molecule has 0 aromatic rings. The zero-order valence-electron chi connectivity index (χ0n) is 23.8. The highest BCUT2D eigenvalue weighted by atomic mass is 32.2. The third-order valence-corrected chi connectivity index (χ3v) is 11.8. The molecule has 6 aliphatic heterocycles. The Morgan fingerprint density at radius 2 is 0.947 bits per heavy atom. The average molecular weight is 577 g/mol. The van der Waals surface area contributed by atoms with E-state index in [0.717, 1.165) is 45.1 Å². The van der Waals surface area contributed by atoms with E-state index >= 15 is 0 Å². The Morgan fingerprint density at radius 3 is 1.37 bits per heavy atom. The van der Waals surface area contributed by atoms with Gasteiger partial charge in [0.05, 0.1) is 12.5 Å². The van der Waals surface area contributed by atoms with Crippen LogP contribution in [0.2, 0.25) is 0 Å². The monoisotopic (exact) mass is 576 g/mol. The molecule has 0 aromatic carbocycles. The van der Waals surface area contributed by atoms with Crippen molar-refractivity contribution in [3.63, 3.8) is 0 Å². The van der Waals surface area contributed by atoms with Crippen LogP contribution in [0.25, 0.3) is 0 Å². The SMILES string of the molecule is C1CCN2CCNCC2C1.CS(=O)(=O)N1CCN2CCCCC2C1.CS(=O)(=O)N1CCN2CCCCC2C1. The van der Waals surface area contributed by atoms with Crippen molar-refractivity contribution in [2.75, 3.05) is 91.0 Å². The normalized spacial score (nSPS) is 32.4. The van der Waals surface area contributed by atoms with Gasteiger partial charge in [-0.05, 0) is 58.2 Å². The zero-order valence-corrected chi connectivity index (χ0v) is 25.4. The van der Waals surface area contributed by atoms with Gasteiger partial charge in [0.1, 0.15) is 0 Å². The van der Waals surface area contributed by atoms with Gasteiger partial charge in [0, 0.05) is 77.0 Å². The van der Waals surface area contributed by atoms with E-state index in [-0.39, 0.29) is 0 Å². The van der Waals surface area contributed by atoms with Crippen molar-refractivity contribution in [1.29, 1.82) is 0 Å². The van der Waals surface area contributed by atoms with Crippen molar-refractivity contribution in [2.24, 2.45) is 0 Å². The molecule has 6 saturated heterocycles. The highest BCUT2D eigenvalue weighted by molar-refractivity contribution is 7.88. The molecule has 222 valence electrons. The Labute approximate surface area is 232 Å². The molecule has 0 amide bonds. The van der Waals surface area contributed by atoms with Crippen molar-refractivity contribution in [3.05, 3.63) is 0 Å². The number of nitrogens with zero attached hydrogens (tertiary/aromatic N) is 5. The molecule has 12 heteroatoms. The second-order valence-electron chi connectivity index (χ2n) is 12.0. The summed E-state index contributed by atoms with van der Waals surface area (Å²) in [6, 6.07) is 1.84. The number of hydrogen-bond donors (Lipinski definition) is 1. The number of sulfonamides is 2. The summed E-state index contributed by atoms with van der Waals surface area (Å²) in [4.78, 5) is 7.51. The molecule has 0 aromatic heterocycles. The van der Waals surface area contributed by atoms with E-state index in [1.54, 1.807) is 8.61 Å². The minimum absolute atomic E-state index is 0.479. The van der Waals surface area contributed by atoms with Crippen molar-refractivity contribution >= 4 is 20.0 Å². The first kappa shape index (κ1) is 30.6. The Kier molecular flexibility index (Phi) is 11.3. The van der Waals surface area contributed by atoms with Crippen molar-refractivity contribution in [3.8, 4) is 0 Å². The van der Waals surface area contributed by atoms with Gasteiger partial charge in [-0.2, -0.15) is 8.61 Å². The fourth-order valence-electron chi connectivity index (χ4n) is 6.93. The molecule has 0 bridgehead atoms. The smallest absolute Gasteiger partial charge is 0.211 e. The van der Waals surface area contributed by atoms with E-state index in [4.69, 9.17) is 0 Å². The molecule has 10 nitrogen and oxygen atoms in total. The Bertz CT molecular complexity index is 861. The zero-order chi connectivity index (χ0) is 27.2. The average Bonchev–Trinajstić information content (AvgIpc) is 2.92. The van der Waals surface area contributed by atoms with Crippen LogP contribution in [0.4, 0.5) is 0 Å². The van der Waals surface area contributed by atoms with Gasteiger partial charge in [-0.25, -0.2) is 16.8 Å². The minimum Gasteiger partial charge on any atom is -0.314 e. The summed E-state index contributed by atoms with van der Waals surface area (Å²) in [5.41, 5.74) is 0. The molecular formula is C26H52N6O4S2. The van der Waals surface area contributed by atoms with Crippen molar-refractivity contribution in [2.45, 2.75) is 75.9 Å². The summed E-state index contributed by atoms with van der Waals surface area (Å²) in [6.45, 7) is 12.0. The van der Waals surface area contributed by atoms with Gasteiger partial charge in [0.2, 0.25) is 20.0 Å². The van der Waals surface area contributed by atoms with Gasteiger partial charge in [-0.15, -0.1) is 0 Å². The van der Waals surface area contributed by atoms with Crippen LogP contribution >= 0.6 is 0 Å². The lowest BCUT2D eigenvalue weighted by molar-refractivity contribution is 0.0855. The molecule has 0 radical (unpaired) electrons. The minimum atomic E-state index is -2.97. The number of hydrogen-bond acceptors (Lipinski definition) is 8. The number of rotatable bonds is 2.